The Morgan fingerprint density at radius 2 is 1.84 bits per heavy atom. The lowest BCUT2D eigenvalue weighted by Gasteiger charge is -2.24. The Balaban J connectivity index is 1.90. The molecule has 2 heterocycles. The van der Waals surface area contributed by atoms with Crippen molar-refractivity contribution in [2.24, 2.45) is 0 Å². The summed E-state index contributed by atoms with van der Waals surface area (Å²) in [4.78, 5) is 27.6. The van der Waals surface area contributed by atoms with Gasteiger partial charge >= 0.3 is 0 Å². The van der Waals surface area contributed by atoms with Crippen LogP contribution in [0.25, 0.3) is 5.76 Å². The van der Waals surface area contributed by atoms with Crippen LogP contribution < -0.4 is 9.64 Å². The van der Waals surface area contributed by atoms with E-state index < -0.39 is 23.5 Å². The summed E-state index contributed by atoms with van der Waals surface area (Å²) < 4.78 is 10.8. The number of furan rings is 1. The molecule has 1 aliphatic rings. The van der Waals surface area contributed by atoms with Crippen LogP contribution in [-0.4, -0.2) is 23.9 Å². The lowest BCUT2D eigenvalue weighted by molar-refractivity contribution is -0.132. The van der Waals surface area contributed by atoms with Gasteiger partial charge in [-0.15, -0.1) is 0 Å². The van der Waals surface area contributed by atoms with Gasteiger partial charge in [0.1, 0.15) is 23.3 Å². The van der Waals surface area contributed by atoms with Crippen molar-refractivity contribution < 1.29 is 23.8 Å². The predicted octanol–water partition coefficient (Wildman–Crippen LogP) is 5.69. The number of Topliss-reactive ketones (excluding diaryl/α,β-unsaturated/α-hetero) is 1. The van der Waals surface area contributed by atoms with Gasteiger partial charge in [-0.2, -0.15) is 0 Å². The highest BCUT2D eigenvalue weighted by Crippen LogP contribution is 2.43. The van der Waals surface area contributed by atoms with Crippen LogP contribution in [0.4, 0.5) is 5.69 Å². The second kappa shape index (κ2) is 8.55. The first-order valence-corrected chi connectivity index (χ1v) is 10.5. The average Bonchev–Trinajstić information content (AvgIpc) is 3.41. The van der Waals surface area contributed by atoms with Crippen molar-refractivity contribution in [2.75, 3.05) is 12.0 Å². The first-order valence-electron chi connectivity index (χ1n) is 10.1. The molecule has 32 heavy (non-hydrogen) atoms. The number of methoxy groups -OCH3 is 1. The smallest absolute Gasteiger partial charge is 0.300 e. The van der Waals surface area contributed by atoms with E-state index in [4.69, 9.17) is 20.8 Å². The van der Waals surface area contributed by atoms with E-state index in [9.17, 15) is 14.7 Å². The number of benzene rings is 2. The number of ether oxygens (including phenoxy) is 1. The highest BCUT2D eigenvalue weighted by molar-refractivity contribution is 6.51. The van der Waals surface area contributed by atoms with Crippen LogP contribution in [-0.2, 0) is 9.59 Å². The number of aliphatic hydroxyl groups excluding tert-OH is 1. The molecule has 1 aromatic heterocycles. The molecular formula is C25H22ClNO5. The van der Waals surface area contributed by atoms with Gasteiger partial charge < -0.3 is 14.3 Å². The van der Waals surface area contributed by atoms with Crippen LogP contribution in [0.5, 0.6) is 5.75 Å². The number of amides is 1. The number of nitrogens with zero attached hydrogens (tertiary/aromatic N) is 1. The second-order valence-electron chi connectivity index (χ2n) is 7.78. The Morgan fingerprint density at radius 3 is 2.44 bits per heavy atom. The Bertz CT molecular complexity index is 1200. The summed E-state index contributed by atoms with van der Waals surface area (Å²) in [5, 5.41) is 11.4. The molecule has 0 bridgehead atoms. The molecule has 0 saturated carbocycles. The van der Waals surface area contributed by atoms with E-state index in [0.717, 1.165) is 5.56 Å². The van der Waals surface area contributed by atoms with E-state index >= 15 is 0 Å². The Labute approximate surface area is 190 Å². The zero-order valence-electron chi connectivity index (χ0n) is 17.8. The number of rotatable bonds is 5. The van der Waals surface area contributed by atoms with Gasteiger partial charge in [0, 0.05) is 11.3 Å². The Kier molecular flexibility index (Phi) is 5.80. The summed E-state index contributed by atoms with van der Waals surface area (Å²) in [7, 11) is 1.48. The SMILES string of the molecule is COc1ccc(Cl)c(/C(O)=C2/C(=O)C(=O)N(c3ccc(C(C)C)cc3)C2c2ccco2)c1. The third-order valence-electron chi connectivity index (χ3n) is 5.52. The molecule has 1 unspecified atom stereocenters. The van der Waals surface area contributed by atoms with E-state index in [2.05, 4.69) is 13.8 Å². The molecule has 1 amide bonds. The molecule has 3 aromatic rings. The maximum atomic E-state index is 13.1. The fourth-order valence-corrected chi connectivity index (χ4v) is 4.00. The fourth-order valence-electron chi connectivity index (χ4n) is 3.79. The molecule has 1 atom stereocenters. The Morgan fingerprint density at radius 1 is 1.12 bits per heavy atom. The molecule has 0 radical (unpaired) electrons. The standard InChI is InChI=1S/C25H22ClNO5/c1-14(2)15-6-8-16(9-7-15)27-22(20-5-4-12-32-20)21(24(29)25(27)30)23(28)18-13-17(31-3)10-11-19(18)26/h4-14,22,28H,1-3H3/b23-21-. The molecule has 1 saturated heterocycles. The van der Waals surface area contributed by atoms with Crippen LogP contribution >= 0.6 is 11.6 Å². The summed E-state index contributed by atoms with van der Waals surface area (Å²) in [6, 6.07) is 14.5. The van der Waals surface area contributed by atoms with Crippen molar-refractivity contribution in [3.8, 4) is 5.75 Å². The lowest BCUT2D eigenvalue weighted by Crippen LogP contribution is -2.29. The van der Waals surface area contributed by atoms with Crippen molar-refractivity contribution in [1.29, 1.82) is 0 Å². The minimum absolute atomic E-state index is 0.104. The topological polar surface area (TPSA) is 80.0 Å². The molecular weight excluding hydrogens is 430 g/mol. The van der Waals surface area contributed by atoms with E-state index in [1.807, 2.05) is 12.1 Å². The molecule has 1 N–H and O–H groups in total. The number of carbonyl (C=O) groups is 2. The van der Waals surface area contributed by atoms with Crippen LogP contribution in [0.3, 0.4) is 0 Å². The third-order valence-corrected chi connectivity index (χ3v) is 5.85. The van der Waals surface area contributed by atoms with E-state index in [-0.39, 0.29) is 16.2 Å². The number of halogens is 1. The van der Waals surface area contributed by atoms with Gasteiger partial charge in [-0.1, -0.05) is 37.6 Å². The first-order chi connectivity index (χ1) is 15.3. The van der Waals surface area contributed by atoms with Crippen LogP contribution in [0.2, 0.25) is 5.02 Å². The molecule has 1 aliphatic heterocycles. The molecule has 0 spiro atoms. The third kappa shape index (κ3) is 3.67. The lowest BCUT2D eigenvalue weighted by atomic mass is 9.98. The van der Waals surface area contributed by atoms with Gasteiger partial charge in [-0.05, 0) is 53.9 Å². The highest BCUT2D eigenvalue weighted by Gasteiger charge is 2.48. The van der Waals surface area contributed by atoms with Crippen LogP contribution in [0.1, 0.15) is 42.7 Å². The molecule has 164 valence electrons. The number of aliphatic hydroxyl groups is 1. The van der Waals surface area contributed by atoms with E-state index in [1.165, 1.54) is 24.3 Å². The number of carbonyl (C=O) groups excluding carboxylic acids is 2. The largest absolute Gasteiger partial charge is 0.507 e. The first kappa shape index (κ1) is 21.7. The summed E-state index contributed by atoms with van der Waals surface area (Å²) in [5.41, 5.74) is 1.71. The van der Waals surface area contributed by atoms with Crippen LogP contribution in [0, 0.1) is 0 Å². The highest BCUT2D eigenvalue weighted by atomic mass is 35.5. The predicted molar refractivity (Wildman–Crippen MR) is 122 cm³/mol. The van der Waals surface area contributed by atoms with Crippen molar-refractivity contribution in [2.45, 2.75) is 25.8 Å². The summed E-state index contributed by atoms with van der Waals surface area (Å²) >= 11 is 6.30. The van der Waals surface area contributed by atoms with Crippen molar-refractivity contribution in [3.05, 3.63) is 88.3 Å². The van der Waals surface area contributed by atoms with Gasteiger partial charge in [0.15, 0.2) is 0 Å². The zero-order chi connectivity index (χ0) is 23.0. The average molecular weight is 452 g/mol. The maximum Gasteiger partial charge on any atom is 0.300 e. The van der Waals surface area contributed by atoms with Gasteiger partial charge in [0.25, 0.3) is 11.7 Å². The molecule has 2 aromatic carbocycles. The fraction of sp³-hybridized carbons (Fsp3) is 0.200. The second-order valence-corrected chi connectivity index (χ2v) is 8.18. The normalized spacial score (nSPS) is 17.9. The molecule has 1 fully saturated rings. The molecule has 7 heteroatoms. The molecule has 0 aliphatic carbocycles. The molecule has 6 nitrogen and oxygen atoms in total. The number of hydrogen-bond acceptors (Lipinski definition) is 5. The van der Waals surface area contributed by atoms with Gasteiger partial charge in [-0.3, -0.25) is 14.5 Å². The van der Waals surface area contributed by atoms with E-state index in [0.29, 0.717) is 23.1 Å². The van der Waals surface area contributed by atoms with Crippen molar-refractivity contribution >= 4 is 34.7 Å². The maximum absolute atomic E-state index is 13.1. The Hall–Kier alpha value is -3.51. The van der Waals surface area contributed by atoms with Gasteiger partial charge in [0.2, 0.25) is 0 Å². The number of ketones is 1. The number of hydrogen-bond donors (Lipinski definition) is 1. The van der Waals surface area contributed by atoms with Gasteiger partial charge in [0.05, 0.1) is 24.0 Å². The summed E-state index contributed by atoms with van der Waals surface area (Å²) in [6.45, 7) is 4.14. The quantitative estimate of drug-likeness (QED) is 0.306. The minimum atomic E-state index is -0.947. The number of anilines is 1. The van der Waals surface area contributed by atoms with Crippen molar-refractivity contribution in [1.82, 2.24) is 0 Å². The van der Waals surface area contributed by atoms with Gasteiger partial charge in [-0.25, -0.2) is 0 Å². The van der Waals surface area contributed by atoms with Crippen molar-refractivity contribution in [3.63, 3.8) is 0 Å². The summed E-state index contributed by atoms with van der Waals surface area (Å²) in [5.74, 6) is -0.868. The molecule has 4 rings (SSSR count). The monoisotopic (exact) mass is 451 g/mol. The van der Waals surface area contributed by atoms with Crippen LogP contribution in [0.15, 0.2) is 70.9 Å². The van der Waals surface area contributed by atoms with E-state index in [1.54, 1.807) is 36.4 Å². The minimum Gasteiger partial charge on any atom is -0.507 e. The summed E-state index contributed by atoms with van der Waals surface area (Å²) in [6.07, 6.45) is 1.45. The zero-order valence-corrected chi connectivity index (χ0v) is 18.6.